The SMILES string of the molecule is CCNC(=O)Nc1cccc(NC(=O)c2cc(OC)c(OCc3ccccc3)c(OC)c2)c1. The molecule has 0 aliphatic carbocycles. The van der Waals surface area contributed by atoms with Crippen molar-refractivity contribution in [2.75, 3.05) is 31.4 Å². The zero-order chi connectivity index (χ0) is 23.6. The molecule has 3 amide bonds. The van der Waals surface area contributed by atoms with Gasteiger partial charge in [-0.15, -0.1) is 0 Å². The number of benzene rings is 3. The zero-order valence-electron chi connectivity index (χ0n) is 18.8. The van der Waals surface area contributed by atoms with Gasteiger partial charge in [0.15, 0.2) is 11.5 Å². The Balaban J connectivity index is 1.77. The van der Waals surface area contributed by atoms with Crippen LogP contribution in [0.5, 0.6) is 17.2 Å². The fourth-order valence-electron chi connectivity index (χ4n) is 3.10. The first kappa shape index (κ1) is 23.5. The van der Waals surface area contributed by atoms with E-state index in [0.717, 1.165) is 5.56 Å². The molecule has 33 heavy (non-hydrogen) atoms. The Labute approximate surface area is 192 Å². The minimum atomic E-state index is -0.364. The first-order valence-electron chi connectivity index (χ1n) is 10.4. The number of carbonyl (C=O) groups excluding carboxylic acids is 2. The molecule has 0 aliphatic rings. The topological polar surface area (TPSA) is 97.9 Å². The molecular weight excluding hydrogens is 422 g/mol. The fourth-order valence-corrected chi connectivity index (χ4v) is 3.10. The predicted molar refractivity (Wildman–Crippen MR) is 127 cm³/mol. The van der Waals surface area contributed by atoms with Crippen molar-refractivity contribution in [3.8, 4) is 17.2 Å². The molecule has 0 aromatic heterocycles. The number of nitrogens with one attached hydrogen (secondary N) is 3. The third-order valence-corrected chi connectivity index (χ3v) is 4.66. The van der Waals surface area contributed by atoms with Gasteiger partial charge in [-0.2, -0.15) is 0 Å². The Kier molecular flexibility index (Phi) is 8.13. The van der Waals surface area contributed by atoms with Crippen LogP contribution in [0, 0.1) is 0 Å². The van der Waals surface area contributed by atoms with Crippen LogP contribution in [0.2, 0.25) is 0 Å². The van der Waals surface area contributed by atoms with Crippen molar-refractivity contribution in [2.24, 2.45) is 0 Å². The molecule has 0 aliphatic heterocycles. The average molecular weight is 450 g/mol. The normalized spacial score (nSPS) is 10.2. The lowest BCUT2D eigenvalue weighted by molar-refractivity contribution is 0.102. The van der Waals surface area contributed by atoms with E-state index < -0.39 is 0 Å². The van der Waals surface area contributed by atoms with Gasteiger partial charge in [-0.3, -0.25) is 4.79 Å². The molecule has 3 aromatic carbocycles. The van der Waals surface area contributed by atoms with Gasteiger partial charge in [-0.05, 0) is 42.8 Å². The minimum Gasteiger partial charge on any atom is -0.493 e. The molecule has 8 nitrogen and oxygen atoms in total. The van der Waals surface area contributed by atoms with Gasteiger partial charge >= 0.3 is 6.03 Å². The van der Waals surface area contributed by atoms with E-state index in [1.807, 2.05) is 37.3 Å². The molecule has 3 aromatic rings. The lowest BCUT2D eigenvalue weighted by Crippen LogP contribution is -2.28. The minimum absolute atomic E-state index is 0.318. The van der Waals surface area contributed by atoms with Crippen LogP contribution >= 0.6 is 0 Å². The molecular formula is C25H27N3O5. The number of methoxy groups -OCH3 is 2. The van der Waals surface area contributed by atoms with Gasteiger partial charge in [0.1, 0.15) is 6.61 Å². The van der Waals surface area contributed by atoms with Crippen molar-refractivity contribution in [3.63, 3.8) is 0 Å². The third-order valence-electron chi connectivity index (χ3n) is 4.66. The average Bonchev–Trinajstić information content (AvgIpc) is 2.83. The summed E-state index contributed by atoms with van der Waals surface area (Å²) in [6.45, 7) is 2.66. The van der Waals surface area contributed by atoms with Gasteiger partial charge in [-0.25, -0.2) is 4.79 Å². The van der Waals surface area contributed by atoms with Crippen LogP contribution in [0.15, 0.2) is 66.7 Å². The molecule has 8 heteroatoms. The molecule has 172 valence electrons. The van der Waals surface area contributed by atoms with Gasteiger partial charge in [0.25, 0.3) is 5.91 Å². The van der Waals surface area contributed by atoms with Gasteiger partial charge in [0.05, 0.1) is 14.2 Å². The molecule has 0 unspecified atom stereocenters. The summed E-state index contributed by atoms with van der Waals surface area (Å²) in [6, 6.07) is 19.4. The fraction of sp³-hybridized carbons (Fsp3) is 0.200. The molecule has 0 saturated heterocycles. The van der Waals surface area contributed by atoms with E-state index in [1.165, 1.54) is 14.2 Å². The highest BCUT2D eigenvalue weighted by Crippen LogP contribution is 2.39. The number of urea groups is 1. The monoisotopic (exact) mass is 449 g/mol. The molecule has 0 radical (unpaired) electrons. The quantitative estimate of drug-likeness (QED) is 0.441. The number of hydrogen-bond donors (Lipinski definition) is 3. The van der Waals surface area contributed by atoms with Crippen LogP contribution in [0.1, 0.15) is 22.8 Å². The first-order valence-corrected chi connectivity index (χ1v) is 10.4. The van der Waals surface area contributed by atoms with Gasteiger partial charge in [-0.1, -0.05) is 36.4 Å². The van der Waals surface area contributed by atoms with E-state index in [0.29, 0.717) is 47.3 Å². The van der Waals surface area contributed by atoms with Crippen LogP contribution in [0.3, 0.4) is 0 Å². The van der Waals surface area contributed by atoms with Gasteiger partial charge < -0.3 is 30.2 Å². The molecule has 0 heterocycles. The highest BCUT2D eigenvalue weighted by molar-refractivity contribution is 6.05. The van der Waals surface area contributed by atoms with E-state index in [-0.39, 0.29) is 11.9 Å². The van der Waals surface area contributed by atoms with E-state index >= 15 is 0 Å². The van der Waals surface area contributed by atoms with Crippen LogP contribution in [0.4, 0.5) is 16.2 Å². The Hall–Kier alpha value is -4.20. The highest BCUT2D eigenvalue weighted by atomic mass is 16.5. The van der Waals surface area contributed by atoms with Gasteiger partial charge in [0.2, 0.25) is 5.75 Å². The second-order valence-electron chi connectivity index (χ2n) is 7.00. The second-order valence-corrected chi connectivity index (χ2v) is 7.00. The van der Waals surface area contributed by atoms with E-state index in [1.54, 1.807) is 36.4 Å². The molecule has 0 bridgehead atoms. The summed E-state index contributed by atoms with van der Waals surface area (Å²) in [5, 5.41) is 8.19. The molecule has 0 atom stereocenters. The van der Waals surface area contributed by atoms with Crippen molar-refractivity contribution in [1.29, 1.82) is 0 Å². The van der Waals surface area contributed by atoms with Crippen molar-refractivity contribution >= 4 is 23.3 Å². The number of hydrogen-bond acceptors (Lipinski definition) is 5. The summed E-state index contributed by atoms with van der Waals surface area (Å²) < 4.78 is 16.9. The third kappa shape index (κ3) is 6.39. The number of carbonyl (C=O) groups is 2. The predicted octanol–water partition coefficient (Wildman–Crippen LogP) is 4.68. The number of anilines is 2. The summed E-state index contributed by atoms with van der Waals surface area (Å²) >= 11 is 0. The van der Waals surface area contributed by atoms with E-state index in [9.17, 15) is 9.59 Å². The Morgan fingerprint density at radius 2 is 1.45 bits per heavy atom. The zero-order valence-corrected chi connectivity index (χ0v) is 18.8. The largest absolute Gasteiger partial charge is 0.493 e. The Morgan fingerprint density at radius 1 is 0.818 bits per heavy atom. The standard InChI is InChI=1S/C25H27N3O5/c1-4-26-25(30)28-20-12-8-11-19(15-20)27-24(29)18-13-21(31-2)23(22(14-18)32-3)33-16-17-9-6-5-7-10-17/h5-15H,4,16H2,1-3H3,(H,27,29)(H2,26,28,30). The lowest BCUT2D eigenvalue weighted by Gasteiger charge is -2.16. The van der Waals surface area contributed by atoms with Crippen molar-refractivity contribution in [3.05, 3.63) is 77.9 Å². The summed E-state index contributed by atoms with van der Waals surface area (Å²) in [5.41, 5.74) is 2.40. The Bertz CT molecular complexity index is 1080. The molecule has 0 fully saturated rings. The van der Waals surface area contributed by atoms with Crippen LogP contribution < -0.4 is 30.2 Å². The number of rotatable bonds is 9. The second kappa shape index (κ2) is 11.4. The summed E-state index contributed by atoms with van der Waals surface area (Å²) in [5.74, 6) is 0.800. The van der Waals surface area contributed by atoms with Crippen LogP contribution in [0.25, 0.3) is 0 Å². The Morgan fingerprint density at radius 3 is 2.06 bits per heavy atom. The maximum Gasteiger partial charge on any atom is 0.319 e. The summed E-state index contributed by atoms with van der Waals surface area (Å²) in [6.07, 6.45) is 0. The van der Waals surface area contributed by atoms with Crippen LogP contribution in [-0.2, 0) is 6.61 Å². The van der Waals surface area contributed by atoms with Crippen molar-refractivity contribution in [2.45, 2.75) is 13.5 Å². The molecule has 0 saturated carbocycles. The molecule has 3 N–H and O–H groups in total. The lowest BCUT2D eigenvalue weighted by atomic mass is 10.1. The van der Waals surface area contributed by atoms with Crippen molar-refractivity contribution < 1.29 is 23.8 Å². The van der Waals surface area contributed by atoms with E-state index in [2.05, 4.69) is 16.0 Å². The van der Waals surface area contributed by atoms with Crippen LogP contribution in [-0.4, -0.2) is 32.7 Å². The van der Waals surface area contributed by atoms with Crippen molar-refractivity contribution in [1.82, 2.24) is 5.32 Å². The van der Waals surface area contributed by atoms with E-state index in [4.69, 9.17) is 14.2 Å². The molecule has 3 rings (SSSR count). The summed E-state index contributed by atoms with van der Waals surface area (Å²) in [7, 11) is 3.00. The summed E-state index contributed by atoms with van der Waals surface area (Å²) in [4.78, 5) is 24.6. The first-order chi connectivity index (χ1) is 16.0. The highest BCUT2D eigenvalue weighted by Gasteiger charge is 2.18. The number of ether oxygens (including phenoxy) is 3. The number of amides is 3. The maximum absolute atomic E-state index is 12.9. The van der Waals surface area contributed by atoms with Gasteiger partial charge in [0, 0.05) is 23.5 Å². The molecule has 0 spiro atoms. The maximum atomic E-state index is 12.9. The smallest absolute Gasteiger partial charge is 0.319 e.